The number of alkyl carbamates (subject to hydrolysis) is 1. The summed E-state index contributed by atoms with van der Waals surface area (Å²) in [7, 11) is 4.70. The van der Waals surface area contributed by atoms with E-state index in [4.69, 9.17) is 24.7 Å². The van der Waals surface area contributed by atoms with Crippen LogP contribution in [0.3, 0.4) is 0 Å². The van der Waals surface area contributed by atoms with Gasteiger partial charge >= 0.3 is 12.2 Å². The van der Waals surface area contributed by atoms with Crippen molar-refractivity contribution in [2.75, 3.05) is 21.3 Å². The number of carbonyl (C=O) groups excluding carboxylic acids is 5. The summed E-state index contributed by atoms with van der Waals surface area (Å²) < 4.78 is 20.2. The summed E-state index contributed by atoms with van der Waals surface area (Å²) in [5.41, 5.74) is 7.43. The van der Waals surface area contributed by atoms with Crippen molar-refractivity contribution in [2.45, 2.75) is 75.4 Å². The molecule has 0 aliphatic carbocycles. The predicted molar refractivity (Wildman–Crippen MR) is 195 cm³/mol. The summed E-state index contributed by atoms with van der Waals surface area (Å²) in [6.07, 6.45) is -0.296. The monoisotopic (exact) mass is 783 g/mol. The lowest BCUT2D eigenvalue weighted by atomic mass is 9.95. The Morgan fingerprint density at radius 2 is 1.21 bits per heavy atom. The number of methoxy groups -OCH3 is 2. The van der Waals surface area contributed by atoms with Gasteiger partial charge in [0.05, 0.1) is 13.2 Å². The zero-order valence-corrected chi connectivity index (χ0v) is 31.8. The smallest absolute Gasteiger partial charge is 0.417 e. The number of benzene rings is 3. The number of halogens is 1. The molecule has 0 aromatic heterocycles. The van der Waals surface area contributed by atoms with Crippen molar-refractivity contribution in [3.05, 3.63) is 106 Å². The van der Waals surface area contributed by atoms with Gasteiger partial charge in [0.1, 0.15) is 5.60 Å². The Bertz CT molecular complexity index is 1710. The number of likely N-dealkylation sites (N-methyl/N-ethyl adjacent to an activating group) is 1. The second kappa shape index (κ2) is 18.2. The molecule has 5 amide bonds. The number of cyclic esters (lactones) is 2. The van der Waals surface area contributed by atoms with Gasteiger partial charge in [-0.1, -0.05) is 88.7 Å². The van der Waals surface area contributed by atoms with Crippen molar-refractivity contribution in [3.8, 4) is 0 Å². The minimum absolute atomic E-state index is 0.218. The minimum Gasteiger partial charge on any atom is -0.432 e. The van der Waals surface area contributed by atoms with Crippen molar-refractivity contribution < 1.29 is 48.0 Å². The zero-order valence-electron chi connectivity index (χ0n) is 30.2. The Kier molecular flexibility index (Phi) is 14.6. The van der Waals surface area contributed by atoms with E-state index in [-0.39, 0.29) is 12.3 Å². The fraction of sp³-hybridized carbons (Fsp3) is 0.395. The highest BCUT2D eigenvalue weighted by Gasteiger charge is 2.48. The summed E-state index contributed by atoms with van der Waals surface area (Å²) in [4.78, 5) is 57.9. The van der Waals surface area contributed by atoms with E-state index in [0.29, 0.717) is 26.1 Å². The van der Waals surface area contributed by atoms with Crippen LogP contribution < -0.4 is 11.1 Å². The number of primary amides is 1. The van der Waals surface area contributed by atoms with E-state index in [1.807, 2.05) is 72.8 Å². The molecule has 2 heterocycles. The molecule has 3 atom stereocenters. The standard InChI is InChI=1S/C13H14BrNO3.C13H15NO4.C12H17NO3/c1-13(11(16)15(2)12(17)18-13)7-9-3-5-10(8-14)6-4-9;1-13(11(15)14-12(16)18-13)7-9-3-5-10(6-4-9)8-17-2;1-12(15,11(13)14)7-9-3-5-10(6-4-9)8-16-2/h3-6H,7-8H2,1-2H3;3-6H,7-8H2,1-2H3,(H,14,15,16);3-6,15H,7-8H2,1-2H3,(H2,13,14)/t2*13-;12-/m000/s1. The van der Waals surface area contributed by atoms with E-state index >= 15 is 0 Å². The molecule has 280 valence electrons. The maximum Gasteiger partial charge on any atom is 0.417 e. The molecule has 0 spiro atoms. The highest BCUT2D eigenvalue weighted by atomic mass is 79.9. The molecule has 14 heteroatoms. The topological polar surface area (TPSA) is 184 Å². The number of hydrogen-bond acceptors (Lipinski definition) is 10. The second-order valence-electron chi connectivity index (χ2n) is 13.2. The first kappa shape index (κ1) is 41.8. The van der Waals surface area contributed by atoms with E-state index in [2.05, 4.69) is 21.2 Å². The van der Waals surface area contributed by atoms with Crippen molar-refractivity contribution in [2.24, 2.45) is 5.73 Å². The largest absolute Gasteiger partial charge is 0.432 e. The molecule has 2 saturated heterocycles. The van der Waals surface area contributed by atoms with Crippen LogP contribution in [0.15, 0.2) is 72.8 Å². The third kappa shape index (κ3) is 11.4. The number of ether oxygens (including phenoxy) is 4. The molecule has 13 nitrogen and oxygen atoms in total. The molecular weight excluding hydrogens is 738 g/mol. The fourth-order valence-electron chi connectivity index (χ4n) is 5.32. The van der Waals surface area contributed by atoms with Crippen molar-refractivity contribution in [3.63, 3.8) is 0 Å². The number of nitrogens with zero attached hydrogens (tertiary/aromatic N) is 1. The van der Waals surface area contributed by atoms with Gasteiger partial charge in [-0.2, -0.15) is 0 Å². The quantitative estimate of drug-likeness (QED) is 0.221. The lowest BCUT2D eigenvalue weighted by Crippen LogP contribution is -2.42. The van der Waals surface area contributed by atoms with Crippen LogP contribution in [0.4, 0.5) is 9.59 Å². The van der Waals surface area contributed by atoms with E-state index in [9.17, 15) is 29.1 Å². The molecule has 5 rings (SSSR count). The van der Waals surface area contributed by atoms with Gasteiger partial charge < -0.3 is 29.8 Å². The summed E-state index contributed by atoms with van der Waals surface area (Å²) in [5.74, 6) is -1.40. The molecular formula is C38H46BrN3O10. The van der Waals surface area contributed by atoms with Crippen molar-refractivity contribution in [1.82, 2.24) is 10.2 Å². The minimum atomic E-state index is -1.50. The van der Waals surface area contributed by atoms with Gasteiger partial charge in [0.15, 0.2) is 11.2 Å². The lowest BCUT2D eigenvalue weighted by molar-refractivity contribution is -0.135. The number of amides is 5. The molecule has 4 N–H and O–H groups in total. The predicted octanol–water partition coefficient (Wildman–Crippen LogP) is 4.50. The Balaban J connectivity index is 0.000000211. The highest BCUT2D eigenvalue weighted by molar-refractivity contribution is 9.08. The molecule has 2 aliphatic heterocycles. The molecule has 2 aliphatic rings. The Labute approximate surface area is 311 Å². The SMILES string of the molecule is CN1C(=O)O[C@@](C)(Cc2ccc(CBr)cc2)C1=O.COCc1ccc(C[C@](C)(O)C(N)=O)cc1.COCc1ccc(C[C@]2(C)OC(=O)NC2=O)cc1. The first-order valence-corrected chi connectivity index (χ1v) is 17.4. The van der Waals surface area contributed by atoms with Crippen LogP contribution in [0, 0.1) is 0 Å². The third-order valence-electron chi connectivity index (χ3n) is 8.36. The Morgan fingerprint density at radius 1 is 0.788 bits per heavy atom. The average Bonchev–Trinajstić information content (AvgIpc) is 3.46. The van der Waals surface area contributed by atoms with Crippen LogP contribution >= 0.6 is 15.9 Å². The van der Waals surface area contributed by atoms with Crippen LogP contribution in [-0.4, -0.2) is 78.0 Å². The van der Waals surface area contributed by atoms with Gasteiger partial charge in [0, 0.05) is 45.9 Å². The number of alkyl halides is 1. The molecule has 2 fully saturated rings. The Morgan fingerprint density at radius 3 is 1.58 bits per heavy atom. The lowest BCUT2D eigenvalue weighted by Gasteiger charge is -2.19. The molecule has 0 unspecified atom stereocenters. The fourth-order valence-corrected chi connectivity index (χ4v) is 5.70. The van der Waals surface area contributed by atoms with Gasteiger partial charge in [-0.3, -0.25) is 19.7 Å². The number of nitrogens with one attached hydrogen (secondary N) is 1. The van der Waals surface area contributed by atoms with E-state index in [1.54, 1.807) is 28.1 Å². The van der Waals surface area contributed by atoms with Gasteiger partial charge in [-0.05, 0) is 54.2 Å². The first-order chi connectivity index (χ1) is 24.4. The van der Waals surface area contributed by atoms with E-state index in [1.165, 1.54) is 14.0 Å². The number of imide groups is 2. The third-order valence-corrected chi connectivity index (χ3v) is 9.01. The van der Waals surface area contributed by atoms with Gasteiger partial charge in [-0.25, -0.2) is 14.5 Å². The molecule has 3 aromatic carbocycles. The Hall–Kier alpha value is -4.63. The van der Waals surface area contributed by atoms with Gasteiger partial charge in [0.25, 0.3) is 11.8 Å². The van der Waals surface area contributed by atoms with Crippen LogP contribution in [-0.2, 0) is 71.1 Å². The van der Waals surface area contributed by atoms with Crippen LogP contribution in [0.1, 0.15) is 54.2 Å². The second-order valence-corrected chi connectivity index (χ2v) is 13.7. The molecule has 52 heavy (non-hydrogen) atoms. The molecule has 0 radical (unpaired) electrons. The van der Waals surface area contributed by atoms with Crippen LogP contribution in [0.25, 0.3) is 0 Å². The molecule has 0 saturated carbocycles. The summed E-state index contributed by atoms with van der Waals surface area (Å²) in [6, 6.07) is 23.0. The van der Waals surface area contributed by atoms with E-state index in [0.717, 1.165) is 43.6 Å². The van der Waals surface area contributed by atoms with Gasteiger partial charge in [0.2, 0.25) is 5.91 Å². The van der Waals surface area contributed by atoms with Crippen molar-refractivity contribution in [1.29, 1.82) is 0 Å². The van der Waals surface area contributed by atoms with Crippen molar-refractivity contribution >= 4 is 45.8 Å². The number of carbonyl (C=O) groups is 5. The number of rotatable bonds is 12. The zero-order chi connectivity index (χ0) is 38.7. The number of hydrogen-bond donors (Lipinski definition) is 3. The van der Waals surface area contributed by atoms with Crippen LogP contribution in [0.2, 0.25) is 0 Å². The summed E-state index contributed by atoms with van der Waals surface area (Å²) in [6.45, 7) is 5.77. The highest BCUT2D eigenvalue weighted by Crippen LogP contribution is 2.27. The molecule has 0 bridgehead atoms. The number of aliphatic hydroxyl groups is 1. The maximum atomic E-state index is 11.9. The van der Waals surface area contributed by atoms with Crippen LogP contribution in [0.5, 0.6) is 0 Å². The average molecular weight is 785 g/mol. The van der Waals surface area contributed by atoms with Gasteiger partial charge in [-0.15, -0.1) is 0 Å². The first-order valence-electron chi connectivity index (χ1n) is 16.3. The van der Waals surface area contributed by atoms with E-state index < -0.39 is 40.8 Å². The number of nitrogens with two attached hydrogens (primary N) is 1. The normalized spacial score (nSPS) is 20.4. The maximum absolute atomic E-state index is 11.9. The molecule has 3 aromatic rings. The summed E-state index contributed by atoms with van der Waals surface area (Å²) in [5, 5.41) is 12.7. The summed E-state index contributed by atoms with van der Waals surface area (Å²) >= 11 is 3.38.